The van der Waals surface area contributed by atoms with E-state index in [1.165, 1.54) is 0 Å². The van der Waals surface area contributed by atoms with Gasteiger partial charge in [-0.2, -0.15) is 5.10 Å². The number of hydrogen-bond acceptors (Lipinski definition) is 4. The quantitative estimate of drug-likeness (QED) is 0.820. The van der Waals surface area contributed by atoms with Crippen LogP contribution in [0.2, 0.25) is 0 Å². The molecule has 2 heterocycles. The normalized spacial score (nSPS) is 15.2. The van der Waals surface area contributed by atoms with Crippen LogP contribution in [0.5, 0.6) is 5.75 Å². The van der Waals surface area contributed by atoms with Gasteiger partial charge >= 0.3 is 5.97 Å². The number of ether oxygens (including phenoxy) is 2. The lowest BCUT2D eigenvalue weighted by Crippen LogP contribution is -2.29. The number of aryl methyl sites for hydroxylation is 2. The van der Waals surface area contributed by atoms with E-state index in [1.54, 1.807) is 11.7 Å². The smallest absolute Gasteiger partial charge is 0.339 e. The highest BCUT2D eigenvalue weighted by Gasteiger charge is 2.34. The molecule has 0 aliphatic carbocycles. The predicted octanol–water partition coefficient (Wildman–Crippen LogP) is 4.48. The lowest BCUT2D eigenvalue weighted by Gasteiger charge is -2.26. The molecule has 1 aliphatic rings. The number of fused-ring (bicyclic) bond motifs is 1. The summed E-state index contributed by atoms with van der Waals surface area (Å²) in [6, 6.07) is 6.08. The van der Waals surface area contributed by atoms with Gasteiger partial charge in [0.1, 0.15) is 5.75 Å². The van der Waals surface area contributed by atoms with Crippen LogP contribution < -0.4 is 4.74 Å². The van der Waals surface area contributed by atoms with Crippen molar-refractivity contribution in [2.24, 2.45) is 7.05 Å². The van der Waals surface area contributed by atoms with E-state index in [0.29, 0.717) is 5.69 Å². The van der Waals surface area contributed by atoms with E-state index in [2.05, 4.69) is 25.0 Å². The van der Waals surface area contributed by atoms with E-state index in [0.717, 1.165) is 47.6 Å². The first-order chi connectivity index (χ1) is 13.1. The average molecular weight is 386 g/mol. The summed E-state index contributed by atoms with van der Waals surface area (Å²) >= 11 is 0. The first-order valence-corrected chi connectivity index (χ1v) is 9.82. The molecule has 2 aromatic rings. The summed E-state index contributed by atoms with van der Waals surface area (Å²) in [7, 11) is 1.79. The van der Waals surface area contributed by atoms with Crippen molar-refractivity contribution in [3.8, 4) is 16.9 Å². The van der Waals surface area contributed by atoms with Gasteiger partial charge < -0.3 is 14.6 Å². The molecular formula is C22H30N2O4. The molecule has 152 valence electrons. The van der Waals surface area contributed by atoms with Crippen LogP contribution in [0.25, 0.3) is 11.1 Å². The van der Waals surface area contributed by atoms with Crippen LogP contribution in [-0.4, -0.2) is 33.1 Å². The molecule has 6 heteroatoms. The fourth-order valence-corrected chi connectivity index (χ4v) is 3.65. The summed E-state index contributed by atoms with van der Waals surface area (Å²) in [6.45, 7) is 10.5. The second-order valence-electron chi connectivity index (χ2n) is 8.65. The predicted molar refractivity (Wildman–Crippen MR) is 108 cm³/mol. The molecule has 0 fully saturated rings. The minimum absolute atomic E-state index is 0.145. The molecule has 6 nitrogen and oxygen atoms in total. The molecule has 0 spiro atoms. The van der Waals surface area contributed by atoms with Crippen LogP contribution in [0.3, 0.4) is 0 Å². The molecule has 0 saturated heterocycles. The summed E-state index contributed by atoms with van der Waals surface area (Å²) in [6.07, 6.45) is 0.835. The standard InChI is InChI=1S/C22H30N2O4/c1-13(2)18-17(15-9-10-16-14(12-15)8-7-11-27-16)19(24(6)23-18)20(21(25)26)28-22(3,4)5/h9-10,12-13,20H,7-8,11H2,1-6H3,(H,25,26). The fourth-order valence-electron chi connectivity index (χ4n) is 3.65. The molecule has 1 N–H and O–H groups in total. The number of hydrogen-bond donors (Lipinski definition) is 1. The third-order valence-electron chi connectivity index (χ3n) is 4.81. The van der Waals surface area contributed by atoms with E-state index in [-0.39, 0.29) is 5.92 Å². The number of benzene rings is 1. The van der Waals surface area contributed by atoms with Crippen LogP contribution >= 0.6 is 0 Å². The molecule has 1 unspecified atom stereocenters. The number of carboxylic acid groups (broad SMARTS) is 1. The van der Waals surface area contributed by atoms with Crippen molar-refractivity contribution < 1.29 is 19.4 Å². The first kappa shape index (κ1) is 20.4. The Labute approximate surface area is 166 Å². The molecule has 1 atom stereocenters. The largest absolute Gasteiger partial charge is 0.493 e. The first-order valence-electron chi connectivity index (χ1n) is 9.82. The molecule has 0 bridgehead atoms. The Kier molecular flexibility index (Phi) is 5.53. The maximum Gasteiger partial charge on any atom is 0.339 e. The van der Waals surface area contributed by atoms with Gasteiger partial charge in [-0.1, -0.05) is 19.9 Å². The average Bonchev–Trinajstić information content (AvgIpc) is 2.95. The number of rotatable bonds is 5. The molecule has 0 saturated carbocycles. The summed E-state index contributed by atoms with van der Waals surface area (Å²) in [5.74, 6) is 0.0364. The minimum Gasteiger partial charge on any atom is -0.493 e. The van der Waals surface area contributed by atoms with E-state index in [1.807, 2.05) is 32.9 Å². The highest BCUT2D eigenvalue weighted by atomic mass is 16.5. The maximum absolute atomic E-state index is 12.1. The van der Waals surface area contributed by atoms with Crippen molar-refractivity contribution in [2.45, 2.75) is 65.1 Å². The summed E-state index contributed by atoms with van der Waals surface area (Å²) in [4.78, 5) is 12.1. The third-order valence-corrected chi connectivity index (χ3v) is 4.81. The Morgan fingerprint density at radius 3 is 2.64 bits per heavy atom. The zero-order valence-electron chi connectivity index (χ0n) is 17.6. The van der Waals surface area contributed by atoms with Crippen LogP contribution in [0.1, 0.15) is 70.0 Å². The van der Waals surface area contributed by atoms with Gasteiger partial charge in [0.2, 0.25) is 0 Å². The van der Waals surface area contributed by atoms with Crippen LogP contribution in [-0.2, 0) is 23.0 Å². The van der Waals surface area contributed by atoms with E-state index in [9.17, 15) is 9.90 Å². The summed E-state index contributed by atoms with van der Waals surface area (Å²) < 4.78 is 13.3. The number of carbonyl (C=O) groups is 1. The van der Waals surface area contributed by atoms with Gasteiger partial charge in [-0.25, -0.2) is 4.79 Å². The highest BCUT2D eigenvalue weighted by Crippen LogP contribution is 2.39. The summed E-state index contributed by atoms with van der Waals surface area (Å²) in [5, 5.41) is 14.6. The van der Waals surface area contributed by atoms with Crippen molar-refractivity contribution in [1.82, 2.24) is 9.78 Å². The second kappa shape index (κ2) is 7.59. The number of aromatic nitrogens is 2. The fraction of sp³-hybridized carbons (Fsp3) is 0.545. The molecule has 3 rings (SSSR count). The molecule has 1 aliphatic heterocycles. The number of carboxylic acids is 1. The second-order valence-corrected chi connectivity index (χ2v) is 8.65. The Morgan fingerprint density at radius 1 is 1.32 bits per heavy atom. The van der Waals surface area contributed by atoms with Crippen molar-refractivity contribution in [1.29, 1.82) is 0 Å². The van der Waals surface area contributed by atoms with Crippen molar-refractivity contribution in [3.63, 3.8) is 0 Å². The van der Waals surface area contributed by atoms with Crippen LogP contribution in [0.15, 0.2) is 18.2 Å². The van der Waals surface area contributed by atoms with Crippen molar-refractivity contribution >= 4 is 5.97 Å². The highest BCUT2D eigenvalue weighted by molar-refractivity contribution is 5.80. The maximum atomic E-state index is 12.1. The van der Waals surface area contributed by atoms with Gasteiger partial charge in [0.25, 0.3) is 0 Å². The van der Waals surface area contributed by atoms with E-state index >= 15 is 0 Å². The van der Waals surface area contributed by atoms with Gasteiger partial charge in [-0.15, -0.1) is 0 Å². The van der Waals surface area contributed by atoms with Crippen molar-refractivity contribution in [2.75, 3.05) is 6.61 Å². The lowest BCUT2D eigenvalue weighted by atomic mass is 9.92. The molecule has 28 heavy (non-hydrogen) atoms. The zero-order chi connectivity index (χ0) is 20.6. The minimum atomic E-state index is -1.10. The van der Waals surface area contributed by atoms with Crippen LogP contribution in [0, 0.1) is 0 Å². The monoisotopic (exact) mass is 386 g/mol. The Balaban J connectivity index is 2.20. The third kappa shape index (κ3) is 4.07. The number of nitrogens with zero attached hydrogens (tertiary/aromatic N) is 2. The Hall–Kier alpha value is -2.34. The molecule has 1 aromatic heterocycles. The van der Waals surface area contributed by atoms with Gasteiger partial charge in [0.05, 0.1) is 23.6 Å². The molecule has 0 amide bonds. The van der Waals surface area contributed by atoms with Crippen molar-refractivity contribution in [3.05, 3.63) is 35.2 Å². The zero-order valence-corrected chi connectivity index (χ0v) is 17.6. The lowest BCUT2D eigenvalue weighted by molar-refractivity contribution is -0.161. The Bertz CT molecular complexity index is 877. The topological polar surface area (TPSA) is 73.6 Å². The van der Waals surface area contributed by atoms with E-state index in [4.69, 9.17) is 9.47 Å². The summed E-state index contributed by atoms with van der Waals surface area (Å²) in [5.41, 5.74) is 3.80. The SMILES string of the molecule is CC(C)c1nn(C)c(C(OC(C)(C)C)C(=O)O)c1-c1ccc2c(c1)CCCO2. The van der Waals surface area contributed by atoms with E-state index < -0.39 is 17.7 Å². The Morgan fingerprint density at radius 2 is 2.04 bits per heavy atom. The van der Waals surface area contributed by atoms with Crippen LogP contribution in [0.4, 0.5) is 0 Å². The van der Waals surface area contributed by atoms with Gasteiger partial charge in [0.15, 0.2) is 6.10 Å². The van der Waals surface area contributed by atoms with Gasteiger partial charge in [0, 0.05) is 12.6 Å². The van der Waals surface area contributed by atoms with Gasteiger partial charge in [-0.05, 0) is 62.8 Å². The molecule has 1 aromatic carbocycles. The molecular weight excluding hydrogens is 356 g/mol. The number of aliphatic carboxylic acids is 1. The molecule has 0 radical (unpaired) electrons. The van der Waals surface area contributed by atoms with Gasteiger partial charge in [-0.3, -0.25) is 4.68 Å².